The first-order valence-electron chi connectivity index (χ1n) is 9.06. The summed E-state index contributed by atoms with van der Waals surface area (Å²) < 4.78 is 1.61. The second-order valence-electron chi connectivity index (χ2n) is 6.02. The number of carbonyl (C=O) groups is 1. The zero-order chi connectivity index (χ0) is 19.1. The molecule has 0 saturated carbocycles. The highest BCUT2D eigenvalue weighted by Crippen LogP contribution is 2.11. The smallest absolute Gasteiger partial charge is 0.271 e. The summed E-state index contributed by atoms with van der Waals surface area (Å²) in [6, 6.07) is 11.3. The first-order chi connectivity index (χ1) is 13.2. The van der Waals surface area contributed by atoms with Crippen LogP contribution < -0.4 is 5.32 Å². The van der Waals surface area contributed by atoms with Crippen molar-refractivity contribution in [3.05, 3.63) is 48.3 Å². The van der Waals surface area contributed by atoms with Gasteiger partial charge in [0, 0.05) is 24.8 Å². The van der Waals surface area contributed by atoms with Crippen LogP contribution in [0.15, 0.2) is 42.6 Å². The molecule has 0 fully saturated rings. The lowest BCUT2D eigenvalue weighted by Gasteiger charge is -2.17. The van der Waals surface area contributed by atoms with Gasteiger partial charge >= 0.3 is 0 Å². The van der Waals surface area contributed by atoms with Crippen LogP contribution in [0.25, 0.3) is 11.4 Å². The first kappa shape index (κ1) is 18.7. The Labute approximate surface area is 158 Å². The summed E-state index contributed by atoms with van der Waals surface area (Å²) in [7, 11) is 0. The van der Waals surface area contributed by atoms with E-state index in [1.807, 2.05) is 30.3 Å². The molecule has 0 aliphatic heterocycles. The second-order valence-corrected chi connectivity index (χ2v) is 6.02. The molecule has 0 saturated heterocycles. The van der Waals surface area contributed by atoms with Crippen molar-refractivity contribution in [3.8, 4) is 11.4 Å². The van der Waals surface area contributed by atoms with E-state index in [-0.39, 0.29) is 12.6 Å². The van der Waals surface area contributed by atoms with Crippen LogP contribution in [0, 0.1) is 0 Å². The summed E-state index contributed by atoms with van der Waals surface area (Å²) in [5.74, 6) is 0.370. The number of aromatic nitrogens is 6. The Hall–Kier alpha value is -3.07. The summed E-state index contributed by atoms with van der Waals surface area (Å²) in [4.78, 5) is 15.9. The number of amides is 1. The SMILES string of the molecule is CCN(CC)CCNC(=O)c1ccn(Cn2nnc(-c3ccccc3)n2)n1. The molecule has 0 bridgehead atoms. The van der Waals surface area contributed by atoms with Gasteiger partial charge in [-0.25, -0.2) is 4.68 Å². The fourth-order valence-electron chi connectivity index (χ4n) is 2.66. The van der Waals surface area contributed by atoms with Crippen LogP contribution in [0.5, 0.6) is 0 Å². The Kier molecular flexibility index (Phi) is 6.26. The highest BCUT2D eigenvalue weighted by Gasteiger charge is 2.11. The van der Waals surface area contributed by atoms with Crippen molar-refractivity contribution in [2.45, 2.75) is 20.5 Å². The van der Waals surface area contributed by atoms with Gasteiger partial charge in [0.1, 0.15) is 5.69 Å². The fraction of sp³-hybridized carbons (Fsp3) is 0.389. The number of hydrogen-bond acceptors (Lipinski definition) is 6. The molecule has 9 nitrogen and oxygen atoms in total. The van der Waals surface area contributed by atoms with Crippen molar-refractivity contribution in [1.82, 2.24) is 40.2 Å². The molecule has 0 atom stereocenters. The quantitative estimate of drug-likeness (QED) is 0.608. The summed E-state index contributed by atoms with van der Waals surface area (Å²) in [6.07, 6.45) is 1.73. The van der Waals surface area contributed by atoms with Crippen LogP contribution in [-0.4, -0.2) is 67.0 Å². The number of nitrogens with one attached hydrogen (secondary N) is 1. The van der Waals surface area contributed by atoms with Crippen LogP contribution in [0.3, 0.4) is 0 Å². The summed E-state index contributed by atoms with van der Waals surface area (Å²) in [6.45, 7) is 7.85. The predicted molar refractivity (Wildman–Crippen MR) is 101 cm³/mol. The minimum absolute atomic E-state index is 0.183. The Morgan fingerprint density at radius 1 is 1.11 bits per heavy atom. The standard InChI is InChI=1S/C18H24N8O/c1-3-24(4-2)13-11-19-18(27)16-10-12-25(21-16)14-26-22-17(20-23-26)15-8-6-5-7-9-15/h5-10,12H,3-4,11,13-14H2,1-2H3,(H,19,27). The lowest BCUT2D eigenvalue weighted by molar-refractivity contribution is 0.0943. The number of hydrogen-bond donors (Lipinski definition) is 1. The number of carbonyl (C=O) groups excluding carboxylic acids is 1. The zero-order valence-electron chi connectivity index (χ0n) is 15.6. The third-order valence-electron chi connectivity index (χ3n) is 4.24. The highest BCUT2D eigenvalue weighted by molar-refractivity contribution is 5.92. The summed E-state index contributed by atoms with van der Waals surface area (Å²) in [5.41, 5.74) is 1.27. The van der Waals surface area contributed by atoms with Gasteiger partial charge in [-0.3, -0.25) is 4.79 Å². The Bertz CT molecular complexity index is 853. The fourth-order valence-corrected chi connectivity index (χ4v) is 2.66. The van der Waals surface area contributed by atoms with Crippen molar-refractivity contribution < 1.29 is 4.79 Å². The van der Waals surface area contributed by atoms with Crippen LogP contribution >= 0.6 is 0 Å². The second kappa shape index (κ2) is 9.04. The topological polar surface area (TPSA) is 93.8 Å². The van der Waals surface area contributed by atoms with Crippen molar-refractivity contribution in [1.29, 1.82) is 0 Å². The molecule has 142 valence electrons. The molecule has 0 aliphatic rings. The van der Waals surface area contributed by atoms with Gasteiger partial charge in [-0.15, -0.1) is 15.0 Å². The van der Waals surface area contributed by atoms with Crippen LogP contribution in [0.2, 0.25) is 0 Å². The average Bonchev–Trinajstić information content (AvgIpc) is 3.36. The third-order valence-corrected chi connectivity index (χ3v) is 4.24. The first-order valence-corrected chi connectivity index (χ1v) is 9.06. The largest absolute Gasteiger partial charge is 0.349 e. The Morgan fingerprint density at radius 3 is 2.63 bits per heavy atom. The lowest BCUT2D eigenvalue weighted by atomic mass is 10.2. The average molecular weight is 368 g/mol. The monoisotopic (exact) mass is 368 g/mol. The number of nitrogens with zero attached hydrogens (tertiary/aromatic N) is 7. The molecular formula is C18H24N8O. The normalized spacial score (nSPS) is 11.1. The molecule has 3 aromatic rings. The van der Waals surface area contributed by atoms with Gasteiger partial charge in [0.2, 0.25) is 5.82 Å². The number of rotatable bonds is 9. The van der Waals surface area contributed by atoms with Gasteiger partial charge in [-0.2, -0.15) is 5.10 Å². The molecule has 1 amide bonds. The molecule has 3 rings (SSSR count). The molecule has 27 heavy (non-hydrogen) atoms. The maximum absolute atomic E-state index is 12.2. The van der Waals surface area contributed by atoms with E-state index in [9.17, 15) is 4.79 Å². The molecule has 9 heteroatoms. The van der Waals surface area contributed by atoms with Crippen molar-refractivity contribution in [2.24, 2.45) is 0 Å². The molecule has 1 N–H and O–H groups in total. The van der Waals surface area contributed by atoms with E-state index in [2.05, 4.69) is 44.6 Å². The zero-order valence-corrected chi connectivity index (χ0v) is 15.6. The highest BCUT2D eigenvalue weighted by atomic mass is 16.1. The number of tetrazole rings is 1. The van der Waals surface area contributed by atoms with Gasteiger partial charge in [-0.05, 0) is 24.4 Å². The van der Waals surface area contributed by atoms with Crippen molar-refractivity contribution in [2.75, 3.05) is 26.2 Å². The van der Waals surface area contributed by atoms with E-state index in [0.29, 0.717) is 18.1 Å². The number of benzene rings is 1. The molecule has 0 radical (unpaired) electrons. The van der Waals surface area contributed by atoms with Gasteiger partial charge in [0.25, 0.3) is 5.91 Å². The van der Waals surface area contributed by atoms with Gasteiger partial charge in [-0.1, -0.05) is 44.2 Å². The maximum Gasteiger partial charge on any atom is 0.271 e. The third kappa shape index (κ3) is 4.98. The van der Waals surface area contributed by atoms with Gasteiger partial charge in [0.15, 0.2) is 6.67 Å². The molecule has 0 spiro atoms. The van der Waals surface area contributed by atoms with Gasteiger partial charge < -0.3 is 10.2 Å². The molecule has 2 aromatic heterocycles. The molecule has 1 aromatic carbocycles. The van der Waals surface area contributed by atoms with Crippen LogP contribution in [0.4, 0.5) is 0 Å². The van der Waals surface area contributed by atoms with E-state index in [4.69, 9.17) is 0 Å². The van der Waals surface area contributed by atoms with E-state index in [1.165, 1.54) is 4.80 Å². The van der Waals surface area contributed by atoms with Crippen molar-refractivity contribution >= 4 is 5.91 Å². The van der Waals surface area contributed by atoms with E-state index < -0.39 is 0 Å². The maximum atomic E-state index is 12.2. The summed E-state index contributed by atoms with van der Waals surface area (Å²) >= 11 is 0. The predicted octanol–water partition coefficient (Wildman–Crippen LogP) is 1.11. The van der Waals surface area contributed by atoms with Gasteiger partial charge in [0.05, 0.1) is 0 Å². The van der Waals surface area contributed by atoms with E-state index in [1.54, 1.807) is 16.9 Å². The molecule has 0 unspecified atom stereocenters. The summed E-state index contributed by atoms with van der Waals surface area (Å²) in [5, 5.41) is 19.6. The Morgan fingerprint density at radius 2 is 1.89 bits per heavy atom. The molecule has 0 aliphatic carbocycles. The minimum Gasteiger partial charge on any atom is -0.349 e. The van der Waals surface area contributed by atoms with E-state index >= 15 is 0 Å². The minimum atomic E-state index is -0.183. The molecular weight excluding hydrogens is 344 g/mol. The van der Waals surface area contributed by atoms with Crippen LogP contribution in [0.1, 0.15) is 24.3 Å². The van der Waals surface area contributed by atoms with Crippen LogP contribution in [-0.2, 0) is 6.67 Å². The Balaban J connectivity index is 1.55. The lowest BCUT2D eigenvalue weighted by Crippen LogP contribution is -2.35. The van der Waals surface area contributed by atoms with Crippen molar-refractivity contribution in [3.63, 3.8) is 0 Å². The molecule has 2 heterocycles. The van der Waals surface area contributed by atoms with E-state index in [0.717, 1.165) is 25.2 Å². The number of likely N-dealkylation sites (N-methyl/N-ethyl adjacent to an activating group) is 1.